The summed E-state index contributed by atoms with van der Waals surface area (Å²) in [4.78, 5) is 22.2. The molecule has 0 aliphatic heterocycles. The molecule has 5 rings (SSSR count). The summed E-state index contributed by atoms with van der Waals surface area (Å²) in [5.74, 6) is 0.0280. The quantitative estimate of drug-likeness (QED) is 0.419. The molecule has 0 atom stereocenters. The molecule has 150 valence electrons. The van der Waals surface area contributed by atoms with Gasteiger partial charge in [-0.05, 0) is 56.3 Å². The van der Waals surface area contributed by atoms with Crippen LogP contribution >= 0.6 is 11.6 Å². The number of hydrogen-bond donors (Lipinski definition) is 0. The molecule has 9 heteroatoms. The Morgan fingerprint density at radius 2 is 1.87 bits per heavy atom. The van der Waals surface area contributed by atoms with Crippen molar-refractivity contribution in [3.05, 3.63) is 70.0 Å². The lowest BCUT2D eigenvalue weighted by molar-refractivity contribution is 0.432. The summed E-state index contributed by atoms with van der Waals surface area (Å²) in [7, 11) is 0. The van der Waals surface area contributed by atoms with Crippen LogP contribution in [0.4, 0.5) is 4.39 Å². The summed E-state index contributed by atoms with van der Waals surface area (Å²) < 4.78 is 21.9. The number of halogens is 2. The van der Waals surface area contributed by atoms with Crippen LogP contribution in [-0.4, -0.2) is 24.1 Å². The Hall–Kier alpha value is -3.52. The molecule has 5 aromatic rings. The highest BCUT2D eigenvalue weighted by Gasteiger charge is 2.22. The molecule has 3 heterocycles. The minimum absolute atomic E-state index is 0.105. The average molecular weight is 424 g/mol. The van der Waals surface area contributed by atoms with Crippen LogP contribution in [0.15, 0.2) is 58.1 Å². The number of hydrogen-bond acceptors (Lipinski definition) is 5. The molecule has 3 aromatic heterocycles. The molecule has 30 heavy (non-hydrogen) atoms. The fraction of sp³-hybridized carbons (Fsp3) is 0.143. The first kappa shape index (κ1) is 18.5. The van der Waals surface area contributed by atoms with E-state index in [9.17, 15) is 9.18 Å². The summed E-state index contributed by atoms with van der Waals surface area (Å²) >= 11 is 6.17. The zero-order valence-corrected chi connectivity index (χ0v) is 16.8. The molecule has 0 fully saturated rings. The average Bonchev–Trinajstić information content (AvgIpc) is 3.35. The van der Waals surface area contributed by atoms with Crippen LogP contribution in [0.5, 0.6) is 0 Å². The van der Waals surface area contributed by atoms with Crippen molar-refractivity contribution in [2.24, 2.45) is 0 Å². The standard InChI is InChI=1S/C21H15ClFN5O2/c1-11(2)28-16-9-13(22)5-8-15(16)27-10-24-17(18(27)21(28)29)19-25-20(30-26-19)12-3-6-14(23)7-4-12/h3-11H,1-2H3. The molecule has 0 amide bonds. The highest BCUT2D eigenvalue weighted by molar-refractivity contribution is 6.31. The second-order valence-electron chi connectivity index (χ2n) is 7.14. The molecule has 0 aliphatic carbocycles. The SMILES string of the molecule is CC(C)n1c(=O)c2c(-c3noc(-c4ccc(F)cc4)n3)ncn2c2ccc(Cl)cc21. The molecule has 0 aliphatic rings. The molecule has 0 unspecified atom stereocenters. The maximum absolute atomic E-state index is 13.4. The van der Waals surface area contributed by atoms with E-state index in [1.807, 2.05) is 19.9 Å². The lowest BCUT2D eigenvalue weighted by Gasteiger charge is -2.15. The maximum Gasteiger partial charge on any atom is 0.278 e. The van der Waals surface area contributed by atoms with Gasteiger partial charge in [0.1, 0.15) is 23.4 Å². The first-order valence-electron chi connectivity index (χ1n) is 9.25. The molecule has 0 bridgehead atoms. The van der Waals surface area contributed by atoms with Crippen molar-refractivity contribution in [2.75, 3.05) is 0 Å². The molecule has 2 aromatic carbocycles. The Morgan fingerprint density at radius 3 is 2.60 bits per heavy atom. The van der Waals surface area contributed by atoms with E-state index in [1.54, 1.807) is 39.6 Å². The van der Waals surface area contributed by atoms with Gasteiger partial charge < -0.3 is 9.09 Å². The summed E-state index contributed by atoms with van der Waals surface area (Å²) in [6, 6.07) is 11.0. The maximum atomic E-state index is 13.4. The summed E-state index contributed by atoms with van der Waals surface area (Å²) in [6.07, 6.45) is 1.56. The van der Waals surface area contributed by atoms with Crippen molar-refractivity contribution in [1.29, 1.82) is 0 Å². The van der Waals surface area contributed by atoms with Gasteiger partial charge in [0, 0.05) is 16.6 Å². The topological polar surface area (TPSA) is 78.2 Å². The predicted molar refractivity (Wildman–Crippen MR) is 111 cm³/mol. The Kier molecular flexibility index (Phi) is 4.18. The third-order valence-corrected chi connectivity index (χ3v) is 5.13. The third kappa shape index (κ3) is 2.80. The van der Waals surface area contributed by atoms with Crippen molar-refractivity contribution < 1.29 is 8.91 Å². The van der Waals surface area contributed by atoms with E-state index in [-0.39, 0.29) is 29.1 Å². The first-order valence-corrected chi connectivity index (χ1v) is 9.62. The summed E-state index contributed by atoms with van der Waals surface area (Å²) in [5.41, 5.74) is 2.47. The van der Waals surface area contributed by atoms with Gasteiger partial charge in [0.25, 0.3) is 11.4 Å². The molecule has 0 spiro atoms. The van der Waals surface area contributed by atoms with Gasteiger partial charge in [0.05, 0.1) is 11.0 Å². The second kappa shape index (κ2) is 6.77. The molecular formula is C21H15ClFN5O2. The van der Waals surface area contributed by atoms with Gasteiger partial charge in [-0.15, -0.1) is 0 Å². The minimum Gasteiger partial charge on any atom is -0.334 e. The van der Waals surface area contributed by atoms with Crippen LogP contribution in [0, 0.1) is 5.82 Å². The highest BCUT2D eigenvalue weighted by atomic mass is 35.5. The van der Waals surface area contributed by atoms with Gasteiger partial charge in [-0.1, -0.05) is 16.8 Å². The Bertz CT molecular complexity index is 1470. The summed E-state index contributed by atoms with van der Waals surface area (Å²) in [6.45, 7) is 3.85. The third-order valence-electron chi connectivity index (χ3n) is 4.89. The van der Waals surface area contributed by atoms with Gasteiger partial charge in [0.15, 0.2) is 0 Å². The molecule has 0 saturated heterocycles. The second-order valence-corrected chi connectivity index (χ2v) is 7.58. The predicted octanol–water partition coefficient (Wildman–Crippen LogP) is 4.74. The van der Waals surface area contributed by atoms with Crippen LogP contribution in [-0.2, 0) is 0 Å². The van der Waals surface area contributed by atoms with E-state index in [2.05, 4.69) is 15.1 Å². The molecular weight excluding hydrogens is 409 g/mol. The van der Waals surface area contributed by atoms with Gasteiger partial charge >= 0.3 is 0 Å². The van der Waals surface area contributed by atoms with E-state index in [4.69, 9.17) is 16.1 Å². The summed E-state index contributed by atoms with van der Waals surface area (Å²) in [5, 5.41) is 4.53. The van der Waals surface area contributed by atoms with E-state index in [0.29, 0.717) is 27.3 Å². The minimum atomic E-state index is -0.361. The Morgan fingerprint density at radius 1 is 1.10 bits per heavy atom. The van der Waals surface area contributed by atoms with Crippen molar-refractivity contribution in [3.63, 3.8) is 0 Å². The number of aromatic nitrogens is 5. The largest absolute Gasteiger partial charge is 0.334 e. The van der Waals surface area contributed by atoms with Crippen molar-refractivity contribution in [3.8, 4) is 23.0 Å². The van der Waals surface area contributed by atoms with Gasteiger partial charge in [0.2, 0.25) is 5.82 Å². The van der Waals surface area contributed by atoms with Crippen LogP contribution in [0.3, 0.4) is 0 Å². The molecule has 0 N–H and O–H groups in total. The van der Waals surface area contributed by atoms with Crippen molar-refractivity contribution >= 4 is 28.2 Å². The zero-order chi connectivity index (χ0) is 21.0. The van der Waals surface area contributed by atoms with E-state index in [0.717, 1.165) is 5.52 Å². The van der Waals surface area contributed by atoms with E-state index < -0.39 is 0 Å². The number of fused-ring (bicyclic) bond motifs is 3. The number of imidazole rings is 1. The molecule has 0 saturated carbocycles. The fourth-order valence-electron chi connectivity index (χ4n) is 3.56. The van der Waals surface area contributed by atoms with Crippen molar-refractivity contribution in [2.45, 2.75) is 19.9 Å². The van der Waals surface area contributed by atoms with Gasteiger partial charge in [-0.2, -0.15) is 4.98 Å². The number of rotatable bonds is 3. The van der Waals surface area contributed by atoms with Crippen LogP contribution in [0.2, 0.25) is 5.02 Å². The van der Waals surface area contributed by atoms with Crippen molar-refractivity contribution in [1.82, 2.24) is 24.1 Å². The highest BCUT2D eigenvalue weighted by Crippen LogP contribution is 2.27. The lowest BCUT2D eigenvalue weighted by atomic mass is 10.2. The van der Waals surface area contributed by atoms with Gasteiger partial charge in [-0.3, -0.25) is 9.20 Å². The number of benzene rings is 2. The number of nitrogens with zero attached hydrogens (tertiary/aromatic N) is 5. The van der Waals surface area contributed by atoms with Crippen LogP contribution < -0.4 is 5.56 Å². The van der Waals surface area contributed by atoms with Crippen LogP contribution in [0.25, 0.3) is 39.5 Å². The Balaban J connectivity index is 1.76. The Labute approximate surface area is 174 Å². The smallest absolute Gasteiger partial charge is 0.278 e. The zero-order valence-electron chi connectivity index (χ0n) is 16.0. The lowest BCUT2D eigenvalue weighted by Crippen LogP contribution is -2.24. The normalized spacial score (nSPS) is 11.8. The molecule has 7 nitrogen and oxygen atoms in total. The van der Waals surface area contributed by atoms with E-state index >= 15 is 0 Å². The fourth-order valence-corrected chi connectivity index (χ4v) is 3.72. The van der Waals surface area contributed by atoms with Crippen LogP contribution in [0.1, 0.15) is 19.9 Å². The first-order chi connectivity index (χ1) is 14.4. The van der Waals surface area contributed by atoms with E-state index in [1.165, 1.54) is 12.1 Å². The molecule has 0 radical (unpaired) electrons. The monoisotopic (exact) mass is 423 g/mol. The van der Waals surface area contributed by atoms with Gasteiger partial charge in [-0.25, -0.2) is 9.37 Å².